The van der Waals surface area contributed by atoms with E-state index in [9.17, 15) is 4.79 Å². The number of allylic oxidation sites excluding steroid dienone is 1. The molecule has 3 rings (SSSR count). The number of halogens is 1. The highest BCUT2D eigenvalue weighted by Crippen LogP contribution is 2.34. The van der Waals surface area contributed by atoms with E-state index in [0.717, 1.165) is 39.8 Å². The predicted molar refractivity (Wildman–Crippen MR) is 117 cm³/mol. The first-order valence-corrected chi connectivity index (χ1v) is 10.7. The van der Waals surface area contributed by atoms with Gasteiger partial charge in [0.2, 0.25) is 0 Å². The van der Waals surface area contributed by atoms with Gasteiger partial charge in [0.25, 0.3) is 0 Å². The first-order chi connectivity index (χ1) is 13.5. The van der Waals surface area contributed by atoms with E-state index in [1.807, 2.05) is 19.1 Å². The summed E-state index contributed by atoms with van der Waals surface area (Å²) in [5.74, 6) is 0.131. The van der Waals surface area contributed by atoms with Crippen LogP contribution in [0.15, 0.2) is 46.4 Å². The Kier molecular flexibility index (Phi) is 6.95. The quantitative estimate of drug-likeness (QED) is 0.532. The smallest absolute Gasteiger partial charge is 0.303 e. The van der Waals surface area contributed by atoms with Crippen molar-refractivity contribution in [1.29, 1.82) is 0 Å². The summed E-state index contributed by atoms with van der Waals surface area (Å²) >= 11 is 3.51. The van der Waals surface area contributed by atoms with Crippen molar-refractivity contribution in [2.75, 3.05) is 6.61 Å². The minimum Gasteiger partial charge on any atom is -0.489 e. The lowest BCUT2D eigenvalue weighted by Gasteiger charge is -2.22. The Morgan fingerprint density at radius 3 is 2.46 bits per heavy atom. The van der Waals surface area contributed by atoms with E-state index in [4.69, 9.17) is 9.84 Å². The average molecular weight is 443 g/mol. The van der Waals surface area contributed by atoms with Gasteiger partial charge in [-0.25, -0.2) is 0 Å². The fraction of sp³-hybridized carbons (Fsp3) is 0.375. The van der Waals surface area contributed by atoms with Crippen LogP contribution in [0.2, 0.25) is 0 Å². The highest BCUT2D eigenvalue weighted by atomic mass is 79.9. The van der Waals surface area contributed by atoms with Gasteiger partial charge in [-0.3, -0.25) is 4.79 Å². The highest BCUT2D eigenvalue weighted by Gasteiger charge is 2.16. The molecular weight excluding hydrogens is 416 g/mol. The fourth-order valence-electron chi connectivity index (χ4n) is 3.81. The fourth-order valence-corrected chi connectivity index (χ4v) is 4.08. The molecule has 1 N–H and O–H groups in total. The summed E-state index contributed by atoms with van der Waals surface area (Å²) in [6, 6.07) is 12.5. The van der Waals surface area contributed by atoms with Gasteiger partial charge < -0.3 is 9.84 Å². The van der Waals surface area contributed by atoms with Crippen LogP contribution >= 0.6 is 15.9 Å². The van der Waals surface area contributed by atoms with Crippen molar-refractivity contribution in [2.24, 2.45) is 0 Å². The molecule has 0 spiro atoms. The third-order valence-corrected chi connectivity index (χ3v) is 6.16. The molecule has 2 aromatic carbocycles. The molecule has 0 heterocycles. The molecule has 0 bridgehead atoms. The van der Waals surface area contributed by atoms with E-state index in [1.165, 1.54) is 29.6 Å². The van der Waals surface area contributed by atoms with Crippen LogP contribution in [0.3, 0.4) is 0 Å². The normalized spacial score (nSPS) is 14.2. The number of benzene rings is 2. The van der Waals surface area contributed by atoms with E-state index in [0.29, 0.717) is 13.0 Å². The number of carboxylic acids is 1. The van der Waals surface area contributed by atoms with Crippen molar-refractivity contribution >= 4 is 27.5 Å². The Labute approximate surface area is 175 Å². The molecule has 1 aliphatic rings. The maximum Gasteiger partial charge on any atom is 0.303 e. The second kappa shape index (κ2) is 9.42. The van der Waals surface area contributed by atoms with Gasteiger partial charge in [0, 0.05) is 10.9 Å². The first-order valence-electron chi connectivity index (χ1n) is 9.86. The summed E-state index contributed by atoms with van der Waals surface area (Å²) in [6.45, 7) is 4.71. The maximum absolute atomic E-state index is 10.8. The summed E-state index contributed by atoms with van der Waals surface area (Å²) in [7, 11) is 0. The Morgan fingerprint density at radius 2 is 1.75 bits per heavy atom. The van der Waals surface area contributed by atoms with Crippen molar-refractivity contribution in [1.82, 2.24) is 0 Å². The molecule has 0 unspecified atom stereocenters. The van der Waals surface area contributed by atoms with E-state index in [1.54, 1.807) is 0 Å². The van der Waals surface area contributed by atoms with Crippen molar-refractivity contribution in [2.45, 2.75) is 52.4 Å². The number of carbonyl (C=O) groups is 1. The molecule has 1 aliphatic carbocycles. The van der Waals surface area contributed by atoms with Crippen LogP contribution in [-0.4, -0.2) is 17.7 Å². The van der Waals surface area contributed by atoms with Gasteiger partial charge in [-0.05, 0) is 97.6 Å². The molecule has 2 aromatic rings. The molecule has 3 nitrogen and oxygen atoms in total. The van der Waals surface area contributed by atoms with Crippen LogP contribution in [0.4, 0.5) is 0 Å². The topological polar surface area (TPSA) is 46.5 Å². The summed E-state index contributed by atoms with van der Waals surface area (Å²) in [5, 5.41) is 8.92. The first kappa shape index (κ1) is 20.7. The maximum atomic E-state index is 10.8. The van der Waals surface area contributed by atoms with Crippen molar-refractivity contribution < 1.29 is 14.6 Å². The number of aliphatic carboxylic acids is 1. The second-order valence-corrected chi connectivity index (χ2v) is 8.37. The summed E-state index contributed by atoms with van der Waals surface area (Å²) in [5.41, 5.74) is 7.42. The molecule has 0 aliphatic heterocycles. The van der Waals surface area contributed by atoms with Crippen molar-refractivity contribution in [3.8, 4) is 5.75 Å². The van der Waals surface area contributed by atoms with Crippen molar-refractivity contribution in [3.63, 3.8) is 0 Å². The van der Waals surface area contributed by atoms with Crippen LogP contribution in [0.1, 0.15) is 54.4 Å². The SMILES string of the molecule is Cc1c(CCC(=O)O)ccc(OCC2=C(c3ccc(Br)cc3)CCCC2)c1C. The lowest BCUT2D eigenvalue weighted by molar-refractivity contribution is -0.136. The van der Waals surface area contributed by atoms with Gasteiger partial charge in [-0.15, -0.1) is 0 Å². The zero-order chi connectivity index (χ0) is 20.1. The number of ether oxygens (including phenoxy) is 1. The Balaban J connectivity index is 1.77. The molecule has 0 amide bonds. The number of hydrogen-bond donors (Lipinski definition) is 1. The monoisotopic (exact) mass is 442 g/mol. The van der Waals surface area contributed by atoms with Gasteiger partial charge in [0.1, 0.15) is 12.4 Å². The molecule has 0 fully saturated rings. The summed E-state index contributed by atoms with van der Waals surface area (Å²) in [6.07, 6.45) is 5.34. The molecule has 4 heteroatoms. The minimum atomic E-state index is -0.762. The lowest BCUT2D eigenvalue weighted by Crippen LogP contribution is -2.09. The number of carboxylic acid groups (broad SMARTS) is 1. The third-order valence-electron chi connectivity index (χ3n) is 5.63. The molecule has 0 saturated carbocycles. The average Bonchev–Trinajstić information content (AvgIpc) is 2.69. The number of rotatable bonds is 7. The van der Waals surface area contributed by atoms with E-state index in [-0.39, 0.29) is 6.42 Å². The Hall–Kier alpha value is -2.07. The second-order valence-electron chi connectivity index (χ2n) is 7.45. The zero-order valence-electron chi connectivity index (χ0n) is 16.6. The molecule has 0 atom stereocenters. The van der Waals surface area contributed by atoms with Crippen LogP contribution in [0.5, 0.6) is 5.75 Å². The van der Waals surface area contributed by atoms with Gasteiger partial charge >= 0.3 is 5.97 Å². The van der Waals surface area contributed by atoms with Gasteiger partial charge in [-0.2, -0.15) is 0 Å². The molecular formula is C24H27BrO3. The van der Waals surface area contributed by atoms with E-state index < -0.39 is 5.97 Å². The van der Waals surface area contributed by atoms with Gasteiger partial charge in [0.05, 0.1) is 0 Å². The molecule has 0 radical (unpaired) electrons. The van der Waals surface area contributed by atoms with Gasteiger partial charge in [-0.1, -0.05) is 34.1 Å². The predicted octanol–water partition coefficient (Wildman–Crippen LogP) is 6.49. The van der Waals surface area contributed by atoms with E-state index >= 15 is 0 Å². The van der Waals surface area contributed by atoms with Crippen LogP contribution < -0.4 is 4.74 Å². The Morgan fingerprint density at radius 1 is 1.04 bits per heavy atom. The highest BCUT2D eigenvalue weighted by molar-refractivity contribution is 9.10. The lowest BCUT2D eigenvalue weighted by atomic mass is 9.88. The summed E-state index contributed by atoms with van der Waals surface area (Å²) in [4.78, 5) is 10.8. The largest absolute Gasteiger partial charge is 0.489 e. The van der Waals surface area contributed by atoms with E-state index in [2.05, 4.69) is 47.1 Å². The Bertz CT molecular complexity index is 881. The standard InChI is InChI=1S/C24H27BrO3/c1-16-17(2)23(13-9-18(16)10-14-24(26)27)28-15-20-5-3-4-6-22(20)19-7-11-21(25)12-8-19/h7-9,11-13H,3-6,10,14-15H2,1-2H3,(H,26,27). The third kappa shape index (κ3) is 5.05. The van der Waals surface area contributed by atoms with Crippen LogP contribution in [0.25, 0.3) is 5.57 Å². The minimum absolute atomic E-state index is 0.157. The van der Waals surface area contributed by atoms with Crippen LogP contribution in [-0.2, 0) is 11.2 Å². The zero-order valence-corrected chi connectivity index (χ0v) is 18.1. The number of aryl methyl sites for hydroxylation is 1. The van der Waals surface area contributed by atoms with Crippen molar-refractivity contribution in [3.05, 3.63) is 68.7 Å². The molecule has 0 aromatic heterocycles. The van der Waals surface area contributed by atoms with Crippen LogP contribution in [0, 0.1) is 13.8 Å². The summed E-state index contributed by atoms with van der Waals surface area (Å²) < 4.78 is 7.33. The molecule has 0 saturated heterocycles. The molecule has 28 heavy (non-hydrogen) atoms. The number of hydrogen-bond acceptors (Lipinski definition) is 2. The van der Waals surface area contributed by atoms with Gasteiger partial charge in [0.15, 0.2) is 0 Å². The molecule has 148 valence electrons.